The molecule has 0 aromatic heterocycles. The lowest BCUT2D eigenvalue weighted by atomic mass is 9.94. The third-order valence-corrected chi connectivity index (χ3v) is 4.60. The second-order valence-electron chi connectivity index (χ2n) is 4.01. The van der Waals surface area contributed by atoms with E-state index in [-0.39, 0.29) is 12.0 Å². The molecule has 14 heavy (non-hydrogen) atoms. The van der Waals surface area contributed by atoms with Crippen LogP contribution < -0.4 is 5.32 Å². The average Bonchev–Trinajstić information content (AvgIpc) is 2.27. The van der Waals surface area contributed by atoms with E-state index in [2.05, 4.69) is 5.32 Å². The van der Waals surface area contributed by atoms with Crippen LogP contribution in [-0.2, 0) is 9.53 Å². The number of nitrogens with one attached hydrogen (secondary N) is 1. The highest BCUT2D eigenvalue weighted by Crippen LogP contribution is 2.32. The van der Waals surface area contributed by atoms with Crippen molar-refractivity contribution in [3.8, 4) is 0 Å². The Hall–Kier alpha value is -0.220. The van der Waals surface area contributed by atoms with E-state index >= 15 is 0 Å². The quantitative estimate of drug-likeness (QED) is 0.667. The maximum absolute atomic E-state index is 11.3. The third-order valence-electron chi connectivity index (χ3n) is 3.08. The predicted octanol–water partition coefficient (Wildman–Crippen LogP) is 1.18. The molecule has 3 unspecified atom stereocenters. The lowest BCUT2D eigenvalue weighted by Crippen LogP contribution is -2.54. The first-order chi connectivity index (χ1) is 6.81. The molecule has 3 atom stereocenters. The molecule has 1 saturated carbocycles. The van der Waals surface area contributed by atoms with E-state index in [9.17, 15) is 4.79 Å². The minimum Gasteiger partial charge on any atom is -0.468 e. The van der Waals surface area contributed by atoms with Crippen LogP contribution in [0.25, 0.3) is 0 Å². The van der Waals surface area contributed by atoms with Crippen LogP contribution in [-0.4, -0.2) is 36.2 Å². The number of thioether (sulfide) groups is 1. The van der Waals surface area contributed by atoms with Crippen LogP contribution in [0.1, 0.15) is 25.7 Å². The number of fused-ring (bicyclic) bond motifs is 1. The molecular weight excluding hydrogens is 198 g/mol. The van der Waals surface area contributed by atoms with Gasteiger partial charge in [-0.15, -0.1) is 0 Å². The van der Waals surface area contributed by atoms with Crippen molar-refractivity contribution in [3.63, 3.8) is 0 Å². The zero-order valence-corrected chi connectivity index (χ0v) is 9.31. The van der Waals surface area contributed by atoms with Gasteiger partial charge < -0.3 is 4.74 Å². The summed E-state index contributed by atoms with van der Waals surface area (Å²) in [6.07, 6.45) is 5.16. The van der Waals surface area contributed by atoms with Gasteiger partial charge in [0.25, 0.3) is 0 Å². The summed E-state index contributed by atoms with van der Waals surface area (Å²) in [5.41, 5.74) is 0. The minimum atomic E-state index is -0.110. The van der Waals surface area contributed by atoms with Gasteiger partial charge in [-0.1, -0.05) is 12.8 Å². The van der Waals surface area contributed by atoms with Crippen molar-refractivity contribution < 1.29 is 9.53 Å². The molecule has 1 aliphatic carbocycles. The van der Waals surface area contributed by atoms with Gasteiger partial charge in [-0.25, -0.2) is 0 Å². The van der Waals surface area contributed by atoms with Gasteiger partial charge in [-0.2, -0.15) is 11.8 Å². The van der Waals surface area contributed by atoms with Crippen LogP contribution in [0, 0.1) is 0 Å². The molecule has 3 nitrogen and oxygen atoms in total. The Morgan fingerprint density at radius 3 is 3.00 bits per heavy atom. The molecular formula is C10H17NO2S. The van der Waals surface area contributed by atoms with Gasteiger partial charge in [0.1, 0.15) is 6.04 Å². The van der Waals surface area contributed by atoms with Crippen molar-refractivity contribution in [2.75, 3.05) is 12.9 Å². The van der Waals surface area contributed by atoms with Gasteiger partial charge >= 0.3 is 5.97 Å². The van der Waals surface area contributed by atoms with Crippen molar-refractivity contribution in [2.45, 2.75) is 43.0 Å². The average molecular weight is 215 g/mol. The van der Waals surface area contributed by atoms with Crippen molar-refractivity contribution in [3.05, 3.63) is 0 Å². The first-order valence-electron chi connectivity index (χ1n) is 5.26. The Morgan fingerprint density at radius 2 is 2.21 bits per heavy atom. The molecule has 1 aliphatic heterocycles. The summed E-state index contributed by atoms with van der Waals surface area (Å²) in [4.78, 5) is 11.3. The number of ether oxygens (including phenoxy) is 1. The van der Waals surface area contributed by atoms with Crippen molar-refractivity contribution in [1.29, 1.82) is 0 Å². The van der Waals surface area contributed by atoms with E-state index in [1.165, 1.54) is 32.8 Å². The second-order valence-corrected chi connectivity index (χ2v) is 5.28. The maximum Gasteiger partial charge on any atom is 0.323 e. The summed E-state index contributed by atoms with van der Waals surface area (Å²) in [5, 5.41) is 4.14. The number of methoxy groups -OCH3 is 1. The van der Waals surface area contributed by atoms with E-state index < -0.39 is 0 Å². The summed E-state index contributed by atoms with van der Waals surface area (Å²) in [5.74, 6) is 0.759. The summed E-state index contributed by atoms with van der Waals surface area (Å²) in [6.45, 7) is 0. The molecule has 0 bridgehead atoms. The molecule has 4 heteroatoms. The van der Waals surface area contributed by atoms with Gasteiger partial charge in [0.05, 0.1) is 7.11 Å². The zero-order chi connectivity index (χ0) is 9.97. The van der Waals surface area contributed by atoms with Crippen molar-refractivity contribution in [2.24, 2.45) is 0 Å². The van der Waals surface area contributed by atoms with Crippen LogP contribution >= 0.6 is 11.8 Å². The van der Waals surface area contributed by atoms with E-state index in [0.717, 1.165) is 11.0 Å². The van der Waals surface area contributed by atoms with E-state index in [0.29, 0.717) is 6.04 Å². The second kappa shape index (κ2) is 4.53. The summed E-state index contributed by atoms with van der Waals surface area (Å²) >= 11 is 1.94. The van der Waals surface area contributed by atoms with Crippen LogP contribution in [0.4, 0.5) is 0 Å². The van der Waals surface area contributed by atoms with Crippen molar-refractivity contribution >= 4 is 17.7 Å². The zero-order valence-electron chi connectivity index (χ0n) is 8.49. The first kappa shape index (κ1) is 10.3. The minimum absolute atomic E-state index is 0.0793. The molecule has 0 aromatic carbocycles. The molecule has 2 rings (SSSR count). The number of esters is 1. The van der Waals surface area contributed by atoms with Gasteiger partial charge in [-0.05, 0) is 12.8 Å². The highest BCUT2D eigenvalue weighted by molar-refractivity contribution is 8.00. The molecule has 0 spiro atoms. The lowest BCUT2D eigenvalue weighted by molar-refractivity contribution is -0.142. The molecule has 80 valence electrons. The monoisotopic (exact) mass is 215 g/mol. The Kier molecular flexibility index (Phi) is 3.34. The molecule has 2 fully saturated rings. The van der Waals surface area contributed by atoms with Gasteiger partial charge in [0, 0.05) is 17.0 Å². The fourth-order valence-corrected chi connectivity index (χ4v) is 3.74. The molecule has 0 amide bonds. The number of hydrogen-bond donors (Lipinski definition) is 1. The Bertz CT molecular complexity index is 222. The maximum atomic E-state index is 11.3. The summed E-state index contributed by atoms with van der Waals surface area (Å²) in [6, 6.07) is 0.455. The Balaban J connectivity index is 1.92. The highest BCUT2D eigenvalue weighted by atomic mass is 32.2. The normalized spacial score (nSPS) is 37.4. The Labute approximate surface area is 89.0 Å². The van der Waals surface area contributed by atoms with Gasteiger partial charge in [0.15, 0.2) is 0 Å². The predicted molar refractivity (Wildman–Crippen MR) is 57.4 cm³/mol. The standard InChI is InChI=1S/C10H17NO2S/c1-13-10(12)8-6-14-9-5-3-2-4-7(9)11-8/h7-9,11H,2-6H2,1H3. The number of carbonyl (C=O) groups is 1. The fraction of sp³-hybridized carbons (Fsp3) is 0.900. The van der Waals surface area contributed by atoms with Gasteiger partial charge in [-0.3, -0.25) is 10.1 Å². The molecule has 1 saturated heterocycles. The van der Waals surface area contributed by atoms with E-state index in [1.54, 1.807) is 0 Å². The van der Waals surface area contributed by atoms with Crippen LogP contribution in [0.3, 0.4) is 0 Å². The summed E-state index contributed by atoms with van der Waals surface area (Å²) < 4.78 is 4.75. The molecule has 2 aliphatic rings. The van der Waals surface area contributed by atoms with E-state index in [1.807, 2.05) is 11.8 Å². The summed E-state index contributed by atoms with van der Waals surface area (Å²) in [7, 11) is 1.46. The largest absolute Gasteiger partial charge is 0.468 e. The number of rotatable bonds is 1. The molecule has 1 heterocycles. The van der Waals surface area contributed by atoms with E-state index in [4.69, 9.17) is 4.74 Å². The smallest absolute Gasteiger partial charge is 0.323 e. The molecule has 0 radical (unpaired) electrons. The SMILES string of the molecule is COC(=O)C1CSC2CCCCC2N1. The topological polar surface area (TPSA) is 38.3 Å². The Morgan fingerprint density at radius 1 is 1.43 bits per heavy atom. The first-order valence-corrected chi connectivity index (χ1v) is 6.31. The highest BCUT2D eigenvalue weighted by Gasteiger charge is 2.35. The molecule has 1 N–H and O–H groups in total. The number of hydrogen-bond acceptors (Lipinski definition) is 4. The molecule has 0 aromatic rings. The fourth-order valence-electron chi connectivity index (χ4n) is 2.29. The van der Waals surface area contributed by atoms with Gasteiger partial charge in [0.2, 0.25) is 0 Å². The van der Waals surface area contributed by atoms with Crippen LogP contribution in [0.15, 0.2) is 0 Å². The lowest BCUT2D eigenvalue weighted by Gasteiger charge is -2.38. The van der Waals surface area contributed by atoms with Crippen molar-refractivity contribution in [1.82, 2.24) is 5.32 Å². The van der Waals surface area contributed by atoms with Crippen LogP contribution in [0.5, 0.6) is 0 Å². The van der Waals surface area contributed by atoms with Crippen LogP contribution in [0.2, 0.25) is 0 Å². The number of carbonyl (C=O) groups excluding carboxylic acids is 1. The third kappa shape index (κ3) is 2.06.